The molecule has 0 saturated heterocycles. The van der Waals surface area contributed by atoms with Crippen LogP contribution in [-0.2, 0) is 11.3 Å². The summed E-state index contributed by atoms with van der Waals surface area (Å²) in [6.45, 7) is 2.63. The van der Waals surface area contributed by atoms with Gasteiger partial charge < -0.3 is 11.1 Å². The number of aromatic nitrogens is 3. The third kappa shape index (κ3) is 2.22. The second-order valence-electron chi connectivity index (χ2n) is 2.25. The van der Waals surface area contributed by atoms with Crippen molar-refractivity contribution in [1.29, 1.82) is 0 Å². The van der Waals surface area contributed by atoms with Crippen molar-refractivity contribution in [2.24, 2.45) is 0 Å². The standard InChI is InChI=1S/C6H11N5O/c1-2-8-5(12)3-11-4-9-6(7)10-11/h4H,2-3H2,1H3,(H2,7,10)(H,8,12). The van der Waals surface area contributed by atoms with Crippen LogP contribution in [-0.4, -0.2) is 27.2 Å². The number of amides is 1. The van der Waals surface area contributed by atoms with E-state index in [4.69, 9.17) is 5.73 Å². The largest absolute Gasteiger partial charge is 0.367 e. The molecule has 0 unspecified atom stereocenters. The molecule has 1 aromatic heterocycles. The molecule has 1 aromatic rings. The lowest BCUT2D eigenvalue weighted by Crippen LogP contribution is -2.27. The summed E-state index contributed by atoms with van der Waals surface area (Å²) in [5.41, 5.74) is 5.25. The van der Waals surface area contributed by atoms with Crippen LogP contribution in [0.5, 0.6) is 0 Å². The summed E-state index contributed by atoms with van der Waals surface area (Å²) in [6.07, 6.45) is 1.42. The minimum absolute atomic E-state index is 0.0950. The van der Waals surface area contributed by atoms with Gasteiger partial charge in [0.05, 0.1) is 0 Å². The van der Waals surface area contributed by atoms with Gasteiger partial charge in [-0.2, -0.15) is 0 Å². The second-order valence-corrected chi connectivity index (χ2v) is 2.25. The maximum absolute atomic E-state index is 11.0. The topological polar surface area (TPSA) is 85.8 Å². The van der Waals surface area contributed by atoms with Crippen LogP contribution in [0.1, 0.15) is 6.92 Å². The van der Waals surface area contributed by atoms with Crippen molar-refractivity contribution in [3.63, 3.8) is 0 Å². The van der Waals surface area contributed by atoms with Crippen molar-refractivity contribution >= 4 is 11.9 Å². The lowest BCUT2D eigenvalue weighted by atomic mass is 10.5. The van der Waals surface area contributed by atoms with Crippen molar-refractivity contribution in [1.82, 2.24) is 20.1 Å². The van der Waals surface area contributed by atoms with Crippen molar-refractivity contribution in [3.05, 3.63) is 6.33 Å². The maximum Gasteiger partial charge on any atom is 0.241 e. The number of nitrogen functional groups attached to an aromatic ring is 1. The summed E-state index contributed by atoms with van der Waals surface area (Å²) in [5.74, 6) is 0.0849. The summed E-state index contributed by atoms with van der Waals surface area (Å²) in [5, 5.41) is 6.39. The number of carbonyl (C=O) groups is 1. The molecule has 6 heteroatoms. The number of likely N-dealkylation sites (N-methyl/N-ethyl adjacent to an activating group) is 1. The number of anilines is 1. The summed E-state index contributed by atoms with van der Waals surface area (Å²) in [7, 11) is 0. The Morgan fingerprint density at radius 1 is 1.83 bits per heavy atom. The van der Waals surface area contributed by atoms with Gasteiger partial charge in [0, 0.05) is 6.54 Å². The summed E-state index contributed by atoms with van der Waals surface area (Å²) in [4.78, 5) is 14.7. The predicted octanol–water partition coefficient (Wildman–Crippen LogP) is -1.00. The average molecular weight is 169 g/mol. The molecule has 12 heavy (non-hydrogen) atoms. The van der Waals surface area contributed by atoms with Gasteiger partial charge in [-0.05, 0) is 6.92 Å². The minimum Gasteiger partial charge on any atom is -0.367 e. The van der Waals surface area contributed by atoms with Gasteiger partial charge in [-0.1, -0.05) is 0 Å². The van der Waals surface area contributed by atoms with Crippen molar-refractivity contribution in [2.75, 3.05) is 12.3 Å². The number of carbonyl (C=O) groups excluding carboxylic acids is 1. The number of nitrogens with zero attached hydrogens (tertiary/aromatic N) is 3. The zero-order valence-corrected chi connectivity index (χ0v) is 6.82. The molecule has 0 aliphatic heterocycles. The van der Waals surface area contributed by atoms with Gasteiger partial charge in [0.25, 0.3) is 0 Å². The smallest absolute Gasteiger partial charge is 0.241 e. The summed E-state index contributed by atoms with van der Waals surface area (Å²) >= 11 is 0. The van der Waals surface area contributed by atoms with E-state index >= 15 is 0 Å². The van der Waals surface area contributed by atoms with Crippen LogP contribution in [0, 0.1) is 0 Å². The van der Waals surface area contributed by atoms with Crippen LogP contribution in [0.2, 0.25) is 0 Å². The normalized spacial score (nSPS) is 9.75. The highest BCUT2D eigenvalue weighted by atomic mass is 16.2. The molecular formula is C6H11N5O. The Kier molecular flexibility index (Phi) is 2.62. The highest BCUT2D eigenvalue weighted by molar-refractivity contribution is 5.75. The lowest BCUT2D eigenvalue weighted by Gasteiger charge is -1.99. The van der Waals surface area contributed by atoms with E-state index in [2.05, 4.69) is 15.4 Å². The van der Waals surface area contributed by atoms with E-state index in [-0.39, 0.29) is 18.4 Å². The Hall–Kier alpha value is -1.59. The summed E-state index contributed by atoms with van der Waals surface area (Å²) < 4.78 is 1.39. The molecule has 6 nitrogen and oxygen atoms in total. The molecule has 0 aromatic carbocycles. The van der Waals surface area contributed by atoms with Crippen LogP contribution in [0.25, 0.3) is 0 Å². The minimum atomic E-state index is -0.0950. The van der Waals surface area contributed by atoms with Crippen LogP contribution < -0.4 is 11.1 Å². The van der Waals surface area contributed by atoms with E-state index < -0.39 is 0 Å². The monoisotopic (exact) mass is 169 g/mol. The predicted molar refractivity (Wildman–Crippen MR) is 43.1 cm³/mol. The zero-order valence-electron chi connectivity index (χ0n) is 6.82. The number of hydrogen-bond donors (Lipinski definition) is 2. The van der Waals surface area contributed by atoms with E-state index in [0.29, 0.717) is 6.54 Å². The lowest BCUT2D eigenvalue weighted by molar-refractivity contribution is -0.121. The van der Waals surface area contributed by atoms with Crippen molar-refractivity contribution in [2.45, 2.75) is 13.5 Å². The Morgan fingerprint density at radius 3 is 3.08 bits per heavy atom. The average Bonchev–Trinajstić information content (AvgIpc) is 2.36. The fourth-order valence-electron chi connectivity index (χ4n) is 0.785. The first-order valence-electron chi connectivity index (χ1n) is 3.64. The molecule has 66 valence electrons. The zero-order chi connectivity index (χ0) is 8.97. The maximum atomic E-state index is 11.0. The molecule has 0 spiro atoms. The van der Waals surface area contributed by atoms with Crippen LogP contribution >= 0.6 is 0 Å². The first-order valence-corrected chi connectivity index (χ1v) is 3.64. The molecule has 1 amide bonds. The van der Waals surface area contributed by atoms with Gasteiger partial charge in [0.1, 0.15) is 12.9 Å². The number of nitrogens with two attached hydrogens (primary N) is 1. The molecule has 0 saturated carbocycles. The SMILES string of the molecule is CCNC(=O)Cn1cnc(N)n1. The fraction of sp³-hybridized carbons (Fsp3) is 0.500. The van der Waals surface area contributed by atoms with Gasteiger partial charge in [0.15, 0.2) is 0 Å². The molecule has 0 aliphatic carbocycles. The van der Waals surface area contributed by atoms with E-state index in [1.165, 1.54) is 11.0 Å². The number of hydrogen-bond acceptors (Lipinski definition) is 4. The molecule has 1 rings (SSSR count). The first kappa shape index (κ1) is 8.51. The Balaban J connectivity index is 2.46. The molecule has 0 aliphatic rings. The van der Waals surface area contributed by atoms with Gasteiger partial charge in [0.2, 0.25) is 11.9 Å². The molecule has 1 heterocycles. The highest BCUT2D eigenvalue weighted by Crippen LogP contribution is 1.88. The van der Waals surface area contributed by atoms with Crippen molar-refractivity contribution in [3.8, 4) is 0 Å². The van der Waals surface area contributed by atoms with Crippen LogP contribution in [0.3, 0.4) is 0 Å². The van der Waals surface area contributed by atoms with E-state index in [0.717, 1.165) is 0 Å². The second kappa shape index (κ2) is 3.70. The van der Waals surface area contributed by atoms with E-state index in [1.807, 2.05) is 6.92 Å². The number of rotatable bonds is 3. The third-order valence-electron chi connectivity index (χ3n) is 1.23. The molecule has 0 atom stereocenters. The third-order valence-corrected chi connectivity index (χ3v) is 1.23. The van der Waals surface area contributed by atoms with Gasteiger partial charge in [-0.15, -0.1) is 5.10 Å². The Labute approximate surface area is 69.8 Å². The Morgan fingerprint density at radius 2 is 2.58 bits per heavy atom. The highest BCUT2D eigenvalue weighted by Gasteiger charge is 2.01. The molecule has 0 fully saturated rings. The van der Waals surface area contributed by atoms with Crippen LogP contribution in [0.15, 0.2) is 6.33 Å². The molecule has 0 radical (unpaired) electrons. The molecular weight excluding hydrogens is 158 g/mol. The first-order chi connectivity index (χ1) is 5.72. The molecule has 3 N–H and O–H groups in total. The molecule has 0 bridgehead atoms. The van der Waals surface area contributed by atoms with Crippen molar-refractivity contribution < 1.29 is 4.79 Å². The quantitative estimate of drug-likeness (QED) is 0.607. The van der Waals surface area contributed by atoms with Gasteiger partial charge in [-0.3, -0.25) is 4.79 Å². The summed E-state index contributed by atoms with van der Waals surface area (Å²) in [6, 6.07) is 0. The van der Waals surface area contributed by atoms with Crippen LogP contribution in [0.4, 0.5) is 5.95 Å². The van der Waals surface area contributed by atoms with E-state index in [1.54, 1.807) is 0 Å². The van der Waals surface area contributed by atoms with Gasteiger partial charge >= 0.3 is 0 Å². The van der Waals surface area contributed by atoms with Gasteiger partial charge in [-0.25, -0.2) is 9.67 Å². The van der Waals surface area contributed by atoms with E-state index in [9.17, 15) is 4.79 Å². The Bertz CT molecular complexity index is 269. The fourth-order valence-corrected chi connectivity index (χ4v) is 0.785. The number of nitrogens with one attached hydrogen (secondary N) is 1.